The number of benzene rings is 1. The zero-order valence-corrected chi connectivity index (χ0v) is 19.1. The topological polar surface area (TPSA) is 85.6 Å². The highest BCUT2D eigenvalue weighted by Gasteiger charge is 2.22. The molecule has 0 aliphatic carbocycles. The molecule has 0 aliphatic rings. The monoisotopic (exact) mass is 471 g/mol. The lowest BCUT2D eigenvalue weighted by Crippen LogP contribution is -2.34. The minimum absolute atomic E-state index is 0.239. The van der Waals surface area contributed by atoms with E-state index in [-0.39, 0.29) is 18.2 Å². The Labute approximate surface area is 178 Å². The number of ether oxygens (including phenoxy) is 2. The van der Waals surface area contributed by atoms with Crippen molar-refractivity contribution in [2.75, 3.05) is 6.54 Å². The fourth-order valence-corrected chi connectivity index (χ4v) is 3.42. The van der Waals surface area contributed by atoms with Gasteiger partial charge >= 0.3 is 6.09 Å². The average molecular weight is 472 g/mol. The number of carbonyl (C=O) groups excluding carboxylic acids is 1. The van der Waals surface area contributed by atoms with Gasteiger partial charge in [-0.3, -0.25) is 4.68 Å². The van der Waals surface area contributed by atoms with Gasteiger partial charge < -0.3 is 19.9 Å². The first kappa shape index (κ1) is 23.2. The molecule has 0 bridgehead atoms. The summed E-state index contributed by atoms with van der Waals surface area (Å²) in [6.07, 6.45) is -1.36. The van der Waals surface area contributed by atoms with E-state index in [9.17, 15) is 14.3 Å². The number of rotatable bonds is 6. The van der Waals surface area contributed by atoms with Crippen LogP contribution in [0.2, 0.25) is 0 Å². The summed E-state index contributed by atoms with van der Waals surface area (Å²) in [7, 11) is 0. The normalized spacial score (nSPS) is 12.6. The second-order valence-electron chi connectivity index (χ2n) is 7.81. The first-order chi connectivity index (χ1) is 13.4. The molecular formula is C20H27BrFN3O4. The molecule has 1 unspecified atom stereocenters. The lowest BCUT2D eigenvalue weighted by atomic mass is 10.1. The number of aliphatic hydroxyl groups excluding tert-OH is 1. The third-order valence-corrected chi connectivity index (χ3v) is 4.66. The van der Waals surface area contributed by atoms with Crippen molar-refractivity contribution >= 4 is 22.0 Å². The standard InChI is InChI=1S/C20H27BrFN3O4/c1-11-9-14(10-12(2)16(11)22)28-18-15(21)17(13(3)26)25(24-18)8-7-23-19(27)29-20(4,5)6/h9-10,13,26H,7-8H2,1-6H3,(H,23,27). The summed E-state index contributed by atoms with van der Waals surface area (Å²) in [6.45, 7) is 10.8. The number of alkyl carbamates (subject to hydrolysis) is 1. The molecule has 2 aromatic rings. The van der Waals surface area contributed by atoms with Crippen molar-refractivity contribution in [1.82, 2.24) is 15.1 Å². The van der Waals surface area contributed by atoms with E-state index in [1.165, 1.54) is 0 Å². The molecule has 1 atom stereocenters. The second kappa shape index (κ2) is 9.13. The van der Waals surface area contributed by atoms with Crippen LogP contribution in [0.1, 0.15) is 50.6 Å². The van der Waals surface area contributed by atoms with Crippen LogP contribution in [0.15, 0.2) is 16.6 Å². The van der Waals surface area contributed by atoms with E-state index in [2.05, 4.69) is 26.3 Å². The summed E-state index contributed by atoms with van der Waals surface area (Å²) in [5.74, 6) is 0.402. The van der Waals surface area contributed by atoms with Crippen molar-refractivity contribution in [2.45, 2.75) is 59.8 Å². The maximum atomic E-state index is 13.8. The maximum absolute atomic E-state index is 13.8. The van der Waals surface area contributed by atoms with Crippen molar-refractivity contribution in [2.24, 2.45) is 0 Å². The van der Waals surface area contributed by atoms with Gasteiger partial charge in [0.25, 0.3) is 5.88 Å². The van der Waals surface area contributed by atoms with Gasteiger partial charge in [-0.1, -0.05) is 0 Å². The van der Waals surface area contributed by atoms with Crippen LogP contribution in [0.25, 0.3) is 0 Å². The van der Waals surface area contributed by atoms with Crippen LogP contribution in [0.3, 0.4) is 0 Å². The smallest absolute Gasteiger partial charge is 0.407 e. The highest BCUT2D eigenvalue weighted by atomic mass is 79.9. The third kappa shape index (κ3) is 6.17. The van der Waals surface area contributed by atoms with E-state index in [0.717, 1.165) is 0 Å². The molecule has 29 heavy (non-hydrogen) atoms. The molecule has 0 radical (unpaired) electrons. The quantitative estimate of drug-likeness (QED) is 0.633. The van der Waals surface area contributed by atoms with Gasteiger partial charge in [-0.05, 0) is 80.7 Å². The number of nitrogens with zero attached hydrogens (tertiary/aromatic N) is 2. The molecule has 2 N–H and O–H groups in total. The second-order valence-corrected chi connectivity index (χ2v) is 8.60. The summed E-state index contributed by atoms with van der Waals surface area (Å²) in [5.41, 5.74) is 0.845. The van der Waals surface area contributed by atoms with Crippen LogP contribution in [-0.2, 0) is 11.3 Å². The first-order valence-electron chi connectivity index (χ1n) is 9.24. The van der Waals surface area contributed by atoms with Crippen molar-refractivity contribution in [3.05, 3.63) is 39.2 Å². The van der Waals surface area contributed by atoms with Crippen LogP contribution in [-0.4, -0.2) is 33.1 Å². The highest BCUT2D eigenvalue weighted by molar-refractivity contribution is 9.10. The fraction of sp³-hybridized carbons (Fsp3) is 0.500. The molecule has 0 saturated heterocycles. The Hall–Kier alpha value is -2.13. The Bertz CT molecular complexity index is 868. The number of aliphatic hydroxyl groups is 1. The summed E-state index contributed by atoms with van der Waals surface area (Å²) in [6, 6.07) is 3.17. The van der Waals surface area contributed by atoms with Gasteiger partial charge in [0.1, 0.15) is 21.6 Å². The molecular weight excluding hydrogens is 445 g/mol. The predicted octanol–water partition coefficient (Wildman–Crippen LogP) is 4.77. The lowest BCUT2D eigenvalue weighted by Gasteiger charge is -2.19. The van der Waals surface area contributed by atoms with E-state index in [1.54, 1.807) is 58.4 Å². The van der Waals surface area contributed by atoms with Crippen molar-refractivity contribution in [1.29, 1.82) is 0 Å². The minimum Gasteiger partial charge on any atom is -0.444 e. The van der Waals surface area contributed by atoms with Gasteiger partial charge in [0.15, 0.2) is 0 Å². The third-order valence-electron chi connectivity index (χ3n) is 3.91. The number of nitrogens with one attached hydrogen (secondary N) is 1. The Morgan fingerprint density at radius 2 is 1.93 bits per heavy atom. The number of hydrogen-bond acceptors (Lipinski definition) is 5. The molecule has 1 heterocycles. The van der Waals surface area contributed by atoms with Gasteiger partial charge in [0, 0.05) is 6.54 Å². The SMILES string of the molecule is Cc1cc(Oc2nn(CCNC(=O)OC(C)(C)C)c(C(C)O)c2Br)cc(C)c1F. The van der Waals surface area contributed by atoms with E-state index in [4.69, 9.17) is 9.47 Å². The number of carbonyl (C=O) groups is 1. The minimum atomic E-state index is -0.826. The van der Waals surface area contributed by atoms with Gasteiger partial charge in [0.2, 0.25) is 0 Å². The molecule has 0 fully saturated rings. The van der Waals surface area contributed by atoms with Crippen LogP contribution in [0, 0.1) is 19.7 Å². The molecule has 1 aromatic carbocycles. The molecule has 1 aromatic heterocycles. The molecule has 1 amide bonds. The summed E-state index contributed by atoms with van der Waals surface area (Å²) >= 11 is 3.42. The summed E-state index contributed by atoms with van der Waals surface area (Å²) in [4.78, 5) is 11.8. The van der Waals surface area contributed by atoms with Crippen LogP contribution >= 0.6 is 15.9 Å². The van der Waals surface area contributed by atoms with Crippen LogP contribution < -0.4 is 10.1 Å². The molecule has 0 saturated carbocycles. The van der Waals surface area contributed by atoms with Crippen molar-refractivity contribution in [3.63, 3.8) is 0 Å². The van der Waals surface area contributed by atoms with Crippen molar-refractivity contribution < 1.29 is 23.8 Å². The average Bonchev–Trinajstić information content (AvgIpc) is 2.86. The molecule has 0 aliphatic heterocycles. The fourth-order valence-electron chi connectivity index (χ4n) is 2.72. The summed E-state index contributed by atoms with van der Waals surface area (Å²) < 4.78 is 26.9. The number of halogens is 2. The number of aryl methyl sites for hydroxylation is 2. The Balaban J connectivity index is 2.17. The van der Waals surface area contributed by atoms with E-state index in [1.807, 2.05) is 0 Å². The van der Waals surface area contributed by atoms with Gasteiger partial charge in [0.05, 0.1) is 18.3 Å². The molecule has 9 heteroatoms. The Morgan fingerprint density at radius 3 is 2.45 bits per heavy atom. The predicted molar refractivity (Wildman–Crippen MR) is 111 cm³/mol. The highest BCUT2D eigenvalue weighted by Crippen LogP contribution is 2.35. The summed E-state index contributed by atoms with van der Waals surface area (Å²) in [5, 5.41) is 17.2. The lowest BCUT2D eigenvalue weighted by molar-refractivity contribution is 0.0525. The van der Waals surface area contributed by atoms with Gasteiger partial charge in [-0.25, -0.2) is 9.18 Å². The zero-order valence-electron chi connectivity index (χ0n) is 17.5. The largest absolute Gasteiger partial charge is 0.444 e. The Kier molecular flexibility index (Phi) is 7.29. The zero-order chi connectivity index (χ0) is 21.9. The van der Waals surface area contributed by atoms with E-state index < -0.39 is 17.8 Å². The number of hydrogen-bond donors (Lipinski definition) is 2. The van der Waals surface area contributed by atoms with Gasteiger partial charge in [-0.2, -0.15) is 0 Å². The van der Waals surface area contributed by atoms with E-state index in [0.29, 0.717) is 33.6 Å². The molecule has 2 rings (SSSR count). The Morgan fingerprint density at radius 1 is 1.34 bits per heavy atom. The first-order valence-corrected chi connectivity index (χ1v) is 10.0. The number of aromatic nitrogens is 2. The van der Waals surface area contributed by atoms with Gasteiger partial charge in [-0.15, -0.1) is 5.10 Å². The van der Waals surface area contributed by atoms with Crippen LogP contribution in [0.4, 0.5) is 9.18 Å². The molecule has 0 spiro atoms. The molecule has 7 nitrogen and oxygen atoms in total. The number of amides is 1. The molecule has 160 valence electrons. The van der Waals surface area contributed by atoms with Crippen LogP contribution in [0.5, 0.6) is 11.6 Å². The van der Waals surface area contributed by atoms with Crippen molar-refractivity contribution in [3.8, 4) is 11.6 Å². The van der Waals surface area contributed by atoms with E-state index >= 15 is 0 Å². The maximum Gasteiger partial charge on any atom is 0.407 e.